The number of halogens is 2. The summed E-state index contributed by atoms with van der Waals surface area (Å²) in [5.41, 5.74) is 8.40. The van der Waals surface area contributed by atoms with Crippen LogP contribution in [0.2, 0.25) is 0 Å². The summed E-state index contributed by atoms with van der Waals surface area (Å²) in [5, 5.41) is 9.16. The Hall–Kier alpha value is -3.42. The fourth-order valence-corrected chi connectivity index (χ4v) is 4.80. The van der Waals surface area contributed by atoms with Crippen LogP contribution < -0.4 is 4.74 Å². The number of nitriles is 1. The summed E-state index contributed by atoms with van der Waals surface area (Å²) in [6, 6.07) is 24.4. The quantitative estimate of drug-likeness (QED) is 0.270. The van der Waals surface area contributed by atoms with Gasteiger partial charge in [-0.1, -0.05) is 42.5 Å². The predicted octanol–water partition coefficient (Wildman–Crippen LogP) is 7.80. The predicted molar refractivity (Wildman–Crippen MR) is 124 cm³/mol. The smallest absolute Gasteiger partial charge is 0.135 e. The highest BCUT2D eigenvalue weighted by atomic mass is 79.9. The number of nitrogens with zero attached hydrogens (tertiary/aromatic N) is 1. The second-order valence-electron chi connectivity index (χ2n) is 7.63. The second-order valence-corrected chi connectivity index (χ2v) is 8.42. The molecule has 5 rings (SSSR count). The summed E-state index contributed by atoms with van der Waals surface area (Å²) in [6.45, 7) is 2.09. The lowest BCUT2D eigenvalue weighted by Crippen LogP contribution is -1.95. The number of fused-ring (bicyclic) bond motifs is 3. The molecule has 0 saturated heterocycles. The molecule has 0 unspecified atom stereocenters. The van der Waals surface area contributed by atoms with Crippen molar-refractivity contribution in [2.45, 2.75) is 13.3 Å². The molecule has 0 amide bonds. The standard InChI is InChI=1S/C27H17BrFNO/c1-16-10-23(24-13-18-6-2-3-7-21(18)26(24)27(16)28)22-8-4-5-9-25(22)31-20-12-17(15-30)11-19(29)14-20/h2-12,14H,13H2,1H3. The molecule has 0 atom stereocenters. The minimum Gasteiger partial charge on any atom is -0.457 e. The molecule has 1 aliphatic carbocycles. The van der Waals surface area contributed by atoms with Gasteiger partial charge < -0.3 is 4.74 Å². The third kappa shape index (κ3) is 3.41. The van der Waals surface area contributed by atoms with Crippen molar-refractivity contribution in [2.75, 3.05) is 0 Å². The highest BCUT2D eigenvalue weighted by Crippen LogP contribution is 2.48. The van der Waals surface area contributed by atoms with Crippen molar-refractivity contribution in [3.05, 3.63) is 105 Å². The lowest BCUT2D eigenvalue weighted by Gasteiger charge is -2.17. The van der Waals surface area contributed by atoms with Crippen LogP contribution >= 0.6 is 15.9 Å². The van der Waals surface area contributed by atoms with Gasteiger partial charge in [0.25, 0.3) is 0 Å². The van der Waals surface area contributed by atoms with E-state index in [0.717, 1.165) is 27.6 Å². The van der Waals surface area contributed by atoms with E-state index in [1.165, 1.54) is 34.4 Å². The van der Waals surface area contributed by atoms with Crippen LogP contribution in [0.5, 0.6) is 11.5 Å². The average Bonchev–Trinajstić information content (AvgIpc) is 3.16. The van der Waals surface area contributed by atoms with E-state index in [-0.39, 0.29) is 5.56 Å². The number of benzene rings is 4. The Morgan fingerprint density at radius 1 is 0.935 bits per heavy atom. The summed E-state index contributed by atoms with van der Waals surface area (Å²) in [4.78, 5) is 0. The zero-order chi connectivity index (χ0) is 21.5. The van der Waals surface area contributed by atoms with E-state index in [0.29, 0.717) is 11.5 Å². The second kappa shape index (κ2) is 7.68. The minimum absolute atomic E-state index is 0.225. The van der Waals surface area contributed by atoms with Gasteiger partial charge in [0, 0.05) is 21.7 Å². The molecule has 0 aliphatic heterocycles. The lowest BCUT2D eigenvalue weighted by atomic mass is 9.93. The number of hydrogen-bond acceptors (Lipinski definition) is 2. The van der Waals surface area contributed by atoms with Crippen molar-refractivity contribution in [1.82, 2.24) is 0 Å². The van der Waals surface area contributed by atoms with Crippen molar-refractivity contribution >= 4 is 15.9 Å². The molecular formula is C27H17BrFNO. The van der Waals surface area contributed by atoms with E-state index < -0.39 is 5.82 Å². The summed E-state index contributed by atoms with van der Waals surface area (Å²) >= 11 is 3.80. The fourth-order valence-electron chi connectivity index (χ4n) is 4.24. The lowest BCUT2D eigenvalue weighted by molar-refractivity contribution is 0.478. The van der Waals surface area contributed by atoms with Crippen molar-refractivity contribution in [3.63, 3.8) is 0 Å². The largest absolute Gasteiger partial charge is 0.457 e. The Labute approximate surface area is 188 Å². The molecule has 0 bridgehead atoms. The zero-order valence-electron chi connectivity index (χ0n) is 16.7. The van der Waals surface area contributed by atoms with Gasteiger partial charge in [0.1, 0.15) is 17.3 Å². The Balaban J connectivity index is 1.67. The molecule has 4 heteroatoms. The Kier molecular flexibility index (Phi) is 4.84. The Morgan fingerprint density at radius 2 is 1.68 bits per heavy atom. The highest BCUT2D eigenvalue weighted by molar-refractivity contribution is 9.10. The number of hydrogen-bond donors (Lipinski definition) is 0. The van der Waals surface area contributed by atoms with Crippen LogP contribution in [-0.4, -0.2) is 0 Å². The average molecular weight is 470 g/mol. The molecular weight excluding hydrogens is 453 g/mol. The molecule has 0 spiro atoms. The van der Waals surface area contributed by atoms with Gasteiger partial charge in [0.2, 0.25) is 0 Å². The van der Waals surface area contributed by atoms with E-state index in [1.54, 1.807) is 6.07 Å². The third-order valence-electron chi connectivity index (χ3n) is 5.61. The van der Waals surface area contributed by atoms with E-state index >= 15 is 0 Å². The van der Waals surface area contributed by atoms with Crippen LogP contribution in [0, 0.1) is 24.1 Å². The fraction of sp³-hybridized carbons (Fsp3) is 0.0741. The summed E-state index contributed by atoms with van der Waals surface area (Å²) in [6.07, 6.45) is 0.840. The maximum absolute atomic E-state index is 13.9. The molecule has 4 aromatic rings. The Bertz CT molecular complexity index is 1390. The van der Waals surface area contributed by atoms with Gasteiger partial charge >= 0.3 is 0 Å². The minimum atomic E-state index is -0.498. The third-order valence-corrected chi connectivity index (χ3v) is 6.63. The van der Waals surface area contributed by atoms with Gasteiger partial charge in [-0.05, 0) is 81.4 Å². The summed E-state index contributed by atoms with van der Waals surface area (Å²) in [5.74, 6) is 0.428. The van der Waals surface area contributed by atoms with E-state index in [9.17, 15) is 4.39 Å². The van der Waals surface area contributed by atoms with Crippen LogP contribution in [0.15, 0.2) is 77.3 Å². The van der Waals surface area contributed by atoms with Crippen LogP contribution in [0.3, 0.4) is 0 Å². The van der Waals surface area contributed by atoms with Gasteiger partial charge in [-0.3, -0.25) is 0 Å². The van der Waals surface area contributed by atoms with Gasteiger partial charge in [0.15, 0.2) is 0 Å². The van der Waals surface area contributed by atoms with E-state index in [1.807, 2.05) is 30.3 Å². The Morgan fingerprint density at radius 3 is 2.48 bits per heavy atom. The zero-order valence-corrected chi connectivity index (χ0v) is 18.3. The van der Waals surface area contributed by atoms with Gasteiger partial charge in [0.05, 0.1) is 11.6 Å². The number of ether oxygens (including phenoxy) is 1. The SMILES string of the molecule is Cc1cc(-c2ccccc2Oc2cc(F)cc(C#N)c2)c2c(c1Br)-c1ccccc1C2. The first-order chi connectivity index (χ1) is 15.0. The normalized spacial score (nSPS) is 11.5. The van der Waals surface area contributed by atoms with Crippen molar-refractivity contribution in [1.29, 1.82) is 5.26 Å². The molecule has 4 aromatic carbocycles. The molecule has 31 heavy (non-hydrogen) atoms. The van der Waals surface area contributed by atoms with Crippen LogP contribution in [0.25, 0.3) is 22.3 Å². The monoisotopic (exact) mass is 469 g/mol. The first-order valence-electron chi connectivity index (χ1n) is 9.93. The maximum atomic E-state index is 13.9. The van der Waals surface area contributed by atoms with Crippen LogP contribution in [-0.2, 0) is 6.42 Å². The molecule has 0 aromatic heterocycles. The molecule has 1 aliphatic rings. The molecule has 2 nitrogen and oxygen atoms in total. The summed E-state index contributed by atoms with van der Waals surface area (Å²) in [7, 11) is 0. The van der Waals surface area contributed by atoms with Crippen LogP contribution in [0.1, 0.15) is 22.3 Å². The number of para-hydroxylation sites is 1. The van der Waals surface area contributed by atoms with E-state index in [4.69, 9.17) is 10.00 Å². The number of aryl methyl sites for hydroxylation is 1. The summed E-state index contributed by atoms with van der Waals surface area (Å²) < 4.78 is 21.1. The van der Waals surface area contributed by atoms with Crippen molar-refractivity contribution in [3.8, 4) is 39.8 Å². The van der Waals surface area contributed by atoms with E-state index in [2.05, 4.69) is 53.2 Å². The highest BCUT2D eigenvalue weighted by Gasteiger charge is 2.26. The van der Waals surface area contributed by atoms with Gasteiger partial charge in [-0.25, -0.2) is 4.39 Å². The van der Waals surface area contributed by atoms with Crippen molar-refractivity contribution < 1.29 is 9.13 Å². The van der Waals surface area contributed by atoms with Gasteiger partial charge in [-0.2, -0.15) is 5.26 Å². The molecule has 0 heterocycles. The molecule has 0 radical (unpaired) electrons. The maximum Gasteiger partial charge on any atom is 0.135 e. The molecule has 0 fully saturated rings. The first kappa shape index (κ1) is 19.5. The van der Waals surface area contributed by atoms with Crippen LogP contribution in [0.4, 0.5) is 4.39 Å². The first-order valence-corrected chi connectivity index (χ1v) is 10.7. The van der Waals surface area contributed by atoms with Gasteiger partial charge in [-0.15, -0.1) is 0 Å². The number of rotatable bonds is 3. The topological polar surface area (TPSA) is 33.0 Å². The molecule has 0 saturated carbocycles. The molecule has 0 N–H and O–H groups in total. The van der Waals surface area contributed by atoms with Crippen molar-refractivity contribution in [2.24, 2.45) is 0 Å². The molecule has 150 valence electrons.